The maximum atomic E-state index is 12.6. The van der Waals surface area contributed by atoms with Crippen molar-refractivity contribution in [1.82, 2.24) is 9.55 Å². The summed E-state index contributed by atoms with van der Waals surface area (Å²) in [5.41, 5.74) is 3.09. The Bertz CT molecular complexity index is 930. The van der Waals surface area contributed by atoms with E-state index >= 15 is 0 Å². The first-order valence-corrected chi connectivity index (χ1v) is 9.36. The number of anilines is 1. The van der Waals surface area contributed by atoms with Gasteiger partial charge in [-0.3, -0.25) is 4.79 Å². The molecule has 25 heavy (non-hydrogen) atoms. The van der Waals surface area contributed by atoms with Crippen LogP contribution in [0.5, 0.6) is 0 Å². The van der Waals surface area contributed by atoms with Crippen LogP contribution in [0, 0.1) is 0 Å². The fourth-order valence-electron chi connectivity index (χ4n) is 3.64. The Morgan fingerprint density at radius 3 is 2.56 bits per heavy atom. The van der Waals surface area contributed by atoms with Gasteiger partial charge in [-0.2, -0.15) is 0 Å². The number of fused-ring (bicyclic) bond motifs is 1. The monoisotopic (exact) mass is 397 g/mol. The van der Waals surface area contributed by atoms with E-state index in [0.29, 0.717) is 19.0 Å². The van der Waals surface area contributed by atoms with Gasteiger partial charge in [0.05, 0.1) is 11.0 Å². The van der Waals surface area contributed by atoms with Crippen LogP contribution in [-0.4, -0.2) is 22.0 Å². The van der Waals surface area contributed by atoms with Crippen LogP contribution in [0.4, 0.5) is 5.69 Å². The van der Waals surface area contributed by atoms with Crippen molar-refractivity contribution in [3.05, 3.63) is 58.8 Å². The van der Waals surface area contributed by atoms with E-state index in [2.05, 4.69) is 40.4 Å². The lowest BCUT2D eigenvalue weighted by atomic mass is 10.1. The minimum Gasteiger partial charge on any atom is -0.325 e. The van der Waals surface area contributed by atoms with Crippen molar-refractivity contribution in [2.45, 2.75) is 32.2 Å². The van der Waals surface area contributed by atoms with Gasteiger partial charge >= 0.3 is 0 Å². The summed E-state index contributed by atoms with van der Waals surface area (Å²) in [6.07, 6.45) is 0.506. The van der Waals surface area contributed by atoms with E-state index in [1.807, 2.05) is 47.4 Å². The van der Waals surface area contributed by atoms with Gasteiger partial charge < -0.3 is 9.47 Å². The predicted molar refractivity (Wildman–Crippen MR) is 104 cm³/mol. The first-order valence-electron chi connectivity index (χ1n) is 8.57. The molecule has 1 aromatic heterocycles. The van der Waals surface area contributed by atoms with Crippen LogP contribution >= 0.6 is 15.9 Å². The van der Waals surface area contributed by atoms with Gasteiger partial charge in [-0.15, -0.1) is 0 Å². The quantitative estimate of drug-likeness (QED) is 0.630. The lowest BCUT2D eigenvalue weighted by Gasteiger charge is -2.19. The van der Waals surface area contributed by atoms with Crippen LogP contribution in [0.2, 0.25) is 0 Å². The van der Waals surface area contributed by atoms with Crippen molar-refractivity contribution < 1.29 is 4.79 Å². The molecule has 0 radical (unpaired) electrons. The lowest BCUT2D eigenvalue weighted by Crippen LogP contribution is -2.24. The zero-order valence-corrected chi connectivity index (χ0v) is 15.9. The number of carbonyl (C=O) groups excluding carboxylic acids is 1. The number of rotatable bonds is 3. The van der Waals surface area contributed by atoms with E-state index in [0.717, 1.165) is 27.0 Å². The van der Waals surface area contributed by atoms with Crippen molar-refractivity contribution in [2.75, 3.05) is 11.4 Å². The molecule has 1 aliphatic heterocycles. The smallest absolute Gasteiger partial charge is 0.227 e. The number of imidazole rings is 1. The molecule has 3 aromatic rings. The molecule has 0 spiro atoms. The predicted octanol–water partition coefficient (Wildman–Crippen LogP) is 4.90. The second kappa shape index (κ2) is 6.30. The summed E-state index contributed by atoms with van der Waals surface area (Å²) in [6.45, 7) is 5.01. The SMILES string of the molecule is CC(C)n1c(C2CC(=O)N(c3ccc(Br)cc3)C2)nc2ccccc21. The average molecular weight is 398 g/mol. The zero-order chi connectivity index (χ0) is 17.6. The van der Waals surface area contributed by atoms with Crippen molar-refractivity contribution in [3.63, 3.8) is 0 Å². The normalized spacial score (nSPS) is 17.8. The highest BCUT2D eigenvalue weighted by Crippen LogP contribution is 2.34. The molecule has 1 fully saturated rings. The van der Waals surface area contributed by atoms with Crippen LogP contribution in [-0.2, 0) is 4.79 Å². The number of para-hydroxylation sites is 2. The van der Waals surface area contributed by atoms with Gasteiger partial charge in [0, 0.05) is 35.1 Å². The molecule has 128 valence electrons. The highest BCUT2D eigenvalue weighted by Gasteiger charge is 2.35. The molecule has 1 aliphatic rings. The molecule has 0 saturated carbocycles. The Morgan fingerprint density at radius 1 is 1.12 bits per heavy atom. The molecule has 0 bridgehead atoms. The Morgan fingerprint density at radius 2 is 1.84 bits per heavy atom. The topological polar surface area (TPSA) is 38.1 Å². The number of benzene rings is 2. The van der Waals surface area contributed by atoms with Gasteiger partial charge in [0.25, 0.3) is 0 Å². The van der Waals surface area contributed by atoms with Gasteiger partial charge in [0.15, 0.2) is 0 Å². The molecule has 2 heterocycles. The summed E-state index contributed by atoms with van der Waals surface area (Å²) in [6, 6.07) is 16.4. The van der Waals surface area contributed by atoms with Crippen molar-refractivity contribution in [3.8, 4) is 0 Å². The second-order valence-corrected chi connectivity index (χ2v) is 7.72. The van der Waals surface area contributed by atoms with E-state index in [9.17, 15) is 4.79 Å². The number of nitrogens with zero attached hydrogens (tertiary/aromatic N) is 3. The van der Waals surface area contributed by atoms with Crippen LogP contribution in [0.3, 0.4) is 0 Å². The third-order valence-electron chi connectivity index (χ3n) is 4.77. The number of halogens is 1. The van der Waals surface area contributed by atoms with Gasteiger partial charge in [-0.1, -0.05) is 28.1 Å². The molecule has 2 aromatic carbocycles. The Kier molecular flexibility index (Phi) is 4.12. The number of aromatic nitrogens is 2. The third kappa shape index (κ3) is 2.86. The van der Waals surface area contributed by atoms with E-state index < -0.39 is 0 Å². The molecule has 1 saturated heterocycles. The fraction of sp³-hybridized carbons (Fsp3) is 0.300. The molecule has 4 rings (SSSR count). The van der Waals surface area contributed by atoms with Gasteiger partial charge in [0.1, 0.15) is 5.82 Å². The molecule has 5 heteroatoms. The fourth-order valence-corrected chi connectivity index (χ4v) is 3.91. The molecule has 0 aliphatic carbocycles. The number of carbonyl (C=O) groups is 1. The number of hydrogen-bond acceptors (Lipinski definition) is 2. The largest absolute Gasteiger partial charge is 0.325 e. The summed E-state index contributed by atoms with van der Waals surface area (Å²) < 4.78 is 3.29. The number of hydrogen-bond donors (Lipinski definition) is 0. The Hall–Kier alpha value is -2.14. The average Bonchev–Trinajstić information content (AvgIpc) is 3.16. The summed E-state index contributed by atoms with van der Waals surface area (Å²) in [4.78, 5) is 19.4. The van der Waals surface area contributed by atoms with Crippen LogP contribution in [0.15, 0.2) is 53.0 Å². The minimum atomic E-state index is 0.117. The molecule has 1 amide bonds. The molecular formula is C20H20BrN3O. The van der Waals surface area contributed by atoms with Crippen LogP contribution < -0.4 is 4.90 Å². The third-order valence-corrected chi connectivity index (χ3v) is 5.30. The van der Waals surface area contributed by atoms with E-state index in [1.54, 1.807) is 0 Å². The lowest BCUT2D eigenvalue weighted by molar-refractivity contribution is -0.117. The summed E-state index contributed by atoms with van der Waals surface area (Å²) >= 11 is 3.45. The van der Waals surface area contributed by atoms with Crippen LogP contribution in [0.25, 0.3) is 11.0 Å². The summed E-state index contributed by atoms with van der Waals surface area (Å²) in [5, 5.41) is 0. The number of amides is 1. The molecule has 1 atom stereocenters. The molecule has 0 N–H and O–H groups in total. The highest BCUT2D eigenvalue weighted by molar-refractivity contribution is 9.10. The van der Waals surface area contributed by atoms with Crippen molar-refractivity contribution >= 4 is 38.6 Å². The molecule has 4 nitrogen and oxygen atoms in total. The first-order chi connectivity index (χ1) is 12.0. The van der Waals surface area contributed by atoms with E-state index in [4.69, 9.17) is 4.98 Å². The van der Waals surface area contributed by atoms with Crippen LogP contribution in [0.1, 0.15) is 38.1 Å². The maximum Gasteiger partial charge on any atom is 0.227 e. The van der Waals surface area contributed by atoms with Crippen molar-refractivity contribution in [1.29, 1.82) is 0 Å². The molecular weight excluding hydrogens is 378 g/mol. The van der Waals surface area contributed by atoms with Gasteiger partial charge in [-0.25, -0.2) is 4.98 Å². The highest BCUT2D eigenvalue weighted by atomic mass is 79.9. The maximum absolute atomic E-state index is 12.6. The van der Waals surface area contributed by atoms with E-state index in [1.165, 1.54) is 0 Å². The minimum absolute atomic E-state index is 0.117. The summed E-state index contributed by atoms with van der Waals surface area (Å²) in [7, 11) is 0. The standard InChI is InChI=1S/C20H20BrN3O/c1-13(2)24-18-6-4-3-5-17(18)22-20(24)14-11-19(25)23(12-14)16-9-7-15(21)8-10-16/h3-10,13-14H,11-12H2,1-2H3. The molecule has 1 unspecified atom stereocenters. The van der Waals surface area contributed by atoms with Gasteiger partial charge in [0.2, 0.25) is 5.91 Å². The first kappa shape index (κ1) is 16.3. The second-order valence-electron chi connectivity index (χ2n) is 6.80. The van der Waals surface area contributed by atoms with E-state index in [-0.39, 0.29) is 11.8 Å². The summed E-state index contributed by atoms with van der Waals surface area (Å²) in [5.74, 6) is 1.30. The van der Waals surface area contributed by atoms with Crippen molar-refractivity contribution in [2.24, 2.45) is 0 Å². The Balaban J connectivity index is 1.71. The Labute approximate surface area is 155 Å². The van der Waals surface area contributed by atoms with Gasteiger partial charge in [-0.05, 0) is 50.2 Å². The zero-order valence-electron chi connectivity index (χ0n) is 14.3.